The molecule has 0 atom stereocenters. The minimum Gasteiger partial charge on any atom is -0.496 e. The van der Waals surface area contributed by atoms with Crippen LogP contribution in [0.15, 0.2) is 12.1 Å². The van der Waals surface area contributed by atoms with Crippen LogP contribution in [0.3, 0.4) is 0 Å². The number of rotatable bonds is 7. The number of methoxy groups -OCH3 is 2. The summed E-state index contributed by atoms with van der Waals surface area (Å²) in [5.74, 6) is 1.49. The first-order chi connectivity index (χ1) is 8.22. The van der Waals surface area contributed by atoms with E-state index in [-0.39, 0.29) is 6.61 Å². The Morgan fingerprint density at radius 2 is 1.82 bits per heavy atom. The third kappa shape index (κ3) is 3.91. The molecule has 4 heteroatoms. The summed E-state index contributed by atoms with van der Waals surface area (Å²) in [6, 6.07) is 3.65. The minimum atomic E-state index is -0.0227. The number of ether oxygens (including phenoxy) is 3. The van der Waals surface area contributed by atoms with Gasteiger partial charge in [-0.3, -0.25) is 0 Å². The van der Waals surface area contributed by atoms with E-state index in [1.807, 2.05) is 19.1 Å². The molecule has 0 unspecified atom stereocenters. The number of hydrogen-bond donors (Lipinski definition) is 1. The van der Waals surface area contributed by atoms with E-state index >= 15 is 0 Å². The van der Waals surface area contributed by atoms with Gasteiger partial charge in [0.15, 0.2) is 0 Å². The van der Waals surface area contributed by atoms with Crippen molar-refractivity contribution >= 4 is 0 Å². The minimum absolute atomic E-state index is 0.0227. The van der Waals surface area contributed by atoms with E-state index < -0.39 is 0 Å². The fraction of sp³-hybridized carbons (Fsp3) is 0.538. The smallest absolute Gasteiger partial charge is 0.126 e. The Hall–Kier alpha value is -1.26. The molecule has 0 amide bonds. The molecular weight excluding hydrogens is 220 g/mol. The van der Waals surface area contributed by atoms with E-state index in [4.69, 9.17) is 19.3 Å². The molecule has 0 aliphatic rings. The van der Waals surface area contributed by atoms with Gasteiger partial charge < -0.3 is 19.3 Å². The fourth-order valence-electron chi connectivity index (χ4n) is 1.55. The molecule has 4 nitrogen and oxygen atoms in total. The normalized spacial score (nSPS) is 10.4. The Morgan fingerprint density at radius 1 is 1.12 bits per heavy atom. The zero-order valence-corrected chi connectivity index (χ0v) is 10.7. The van der Waals surface area contributed by atoms with Crippen molar-refractivity contribution in [2.24, 2.45) is 0 Å². The van der Waals surface area contributed by atoms with Crippen molar-refractivity contribution in [1.29, 1.82) is 0 Å². The van der Waals surface area contributed by atoms with Crippen LogP contribution in [0.4, 0.5) is 0 Å². The second-order valence-electron chi connectivity index (χ2n) is 3.77. The maximum absolute atomic E-state index is 9.15. The first-order valence-electron chi connectivity index (χ1n) is 5.63. The van der Waals surface area contributed by atoms with Crippen LogP contribution in [-0.4, -0.2) is 32.5 Å². The monoisotopic (exact) mass is 240 g/mol. The molecule has 1 aromatic carbocycles. The highest BCUT2D eigenvalue weighted by Gasteiger charge is 2.08. The predicted molar refractivity (Wildman–Crippen MR) is 65.6 cm³/mol. The van der Waals surface area contributed by atoms with Crippen molar-refractivity contribution in [2.45, 2.75) is 20.0 Å². The quantitative estimate of drug-likeness (QED) is 0.740. The van der Waals surface area contributed by atoms with E-state index in [1.54, 1.807) is 14.2 Å². The second kappa shape index (κ2) is 7.14. The van der Waals surface area contributed by atoms with Crippen molar-refractivity contribution in [3.05, 3.63) is 23.3 Å². The maximum Gasteiger partial charge on any atom is 0.126 e. The second-order valence-corrected chi connectivity index (χ2v) is 3.77. The molecule has 0 bridgehead atoms. The summed E-state index contributed by atoms with van der Waals surface area (Å²) in [6.45, 7) is 3.18. The Bertz CT molecular complexity index is 350. The van der Waals surface area contributed by atoms with Gasteiger partial charge in [0, 0.05) is 25.7 Å². The van der Waals surface area contributed by atoms with Crippen molar-refractivity contribution < 1.29 is 19.3 Å². The lowest BCUT2D eigenvalue weighted by molar-refractivity contribution is 0.171. The number of hydrogen-bond acceptors (Lipinski definition) is 4. The number of aliphatic hydroxyl groups is 1. The third-order valence-corrected chi connectivity index (χ3v) is 2.53. The zero-order valence-electron chi connectivity index (χ0n) is 10.7. The molecule has 0 aromatic heterocycles. The lowest BCUT2D eigenvalue weighted by Crippen LogP contribution is -2.04. The number of aliphatic hydroxyl groups excluding tert-OH is 1. The molecule has 0 heterocycles. The van der Waals surface area contributed by atoms with Crippen LogP contribution in [-0.2, 0) is 11.3 Å². The van der Waals surface area contributed by atoms with Crippen molar-refractivity contribution in [1.82, 2.24) is 0 Å². The van der Waals surface area contributed by atoms with Gasteiger partial charge in [-0.15, -0.1) is 0 Å². The fourth-order valence-corrected chi connectivity index (χ4v) is 1.55. The standard InChI is InChI=1S/C13H20O4/c1-10-12(16-3)7-11(9-14)8-13(10)17-6-4-5-15-2/h7-8,14H,4-6,9H2,1-3H3. The largest absolute Gasteiger partial charge is 0.496 e. The van der Waals surface area contributed by atoms with E-state index in [0.717, 1.165) is 29.0 Å². The van der Waals surface area contributed by atoms with Crippen LogP contribution in [0, 0.1) is 6.92 Å². The number of benzene rings is 1. The molecule has 1 aromatic rings. The topological polar surface area (TPSA) is 47.9 Å². The lowest BCUT2D eigenvalue weighted by atomic mass is 10.1. The van der Waals surface area contributed by atoms with Gasteiger partial charge in [0.25, 0.3) is 0 Å². The molecule has 0 aliphatic carbocycles. The van der Waals surface area contributed by atoms with E-state index in [0.29, 0.717) is 13.2 Å². The van der Waals surface area contributed by atoms with Crippen LogP contribution in [0.2, 0.25) is 0 Å². The van der Waals surface area contributed by atoms with Crippen molar-refractivity contribution in [3.8, 4) is 11.5 Å². The Kier molecular flexibility index (Phi) is 5.80. The van der Waals surface area contributed by atoms with Crippen LogP contribution in [0.25, 0.3) is 0 Å². The molecule has 1 rings (SSSR count). The summed E-state index contributed by atoms with van der Waals surface area (Å²) in [5.41, 5.74) is 1.73. The molecule has 0 radical (unpaired) electrons. The van der Waals surface area contributed by atoms with Gasteiger partial charge in [-0.25, -0.2) is 0 Å². The molecule has 0 saturated heterocycles. The summed E-state index contributed by atoms with van der Waals surface area (Å²) < 4.78 is 15.8. The van der Waals surface area contributed by atoms with Gasteiger partial charge in [-0.05, 0) is 24.6 Å². The summed E-state index contributed by atoms with van der Waals surface area (Å²) in [5, 5.41) is 9.15. The van der Waals surface area contributed by atoms with Crippen LogP contribution in [0.1, 0.15) is 17.5 Å². The van der Waals surface area contributed by atoms with Crippen LogP contribution in [0.5, 0.6) is 11.5 Å². The van der Waals surface area contributed by atoms with Gasteiger partial charge in [-0.1, -0.05) is 0 Å². The Balaban J connectivity index is 2.75. The zero-order chi connectivity index (χ0) is 12.7. The highest BCUT2D eigenvalue weighted by molar-refractivity contribution is 5.47. The van der Waals surface area contributed by atoms with Gasteiger partial charge >= 0.3 is 0 Å². The molecule has 0 fully saturated rings. The average Bonchev–Trinajstić information content (AvgIpc) is 2.36. The molecule has 17 heavy (non-hydrogen) atoms. The molecule has 1 N–H and O–H groups in total. The van der Waals surface area contributed by atoms with Crippen LogP contribution < -0.4 is 9.47 Å². The SMILES string of the molecule is COCCCOc1cc(CO)cc(OC)c1C. The summed E-state index contributed by atoms with van der Waals surface area (Å²) in [7, 11) is 3.28. The van der Waals surface area contributed by atoms with Crippen molar-refractivity contribution in [3.63, 3.8) is 0 Å². The first-order valence-corrected chi connectivity index (χ1v) is 5.63. The van der Waals surface area contributed by atoms with Gasteiger partial charge in [0.1, 0.15) is 11.5 Å². The summed E-state index contributed by atoms with van der Waals surface area (Å²) in [4.78, 5) is 0. The summed E-state index contributed by atoms with van der Waals surface area (Å²) in [6.07, 6.45) is 0.835. The molecule has 0 saturated carbocycles. The molecular formula is C13H20O4. The maximum atomic E-state index is 9.15. The Morgan fingerprint density at radius 3 is 2.41 bits per heavy atom. The van der Waals surface area contributed by atoms with E-state index in [9.17, 15) is 0 Å². The summed E-state index contributed by atoms with van der Waals surface area (Å²) >= 11 is 0. The van der Waals surface area contributed by atoms with Gasteiger partial charge in [0.05, 0.1) is 20.3 Å². The lowest BCUT2D eigenvalue weighted by Gasteiger charge is -2.13. The highest BCUT2D eigenvalue weighted by atomic mass is 16.5. The molecule has 0 spiro atoms. The van der Waals surface area contributed by atoms with Gasteiger partial charge in [-0.2, -0.15) is 0 Å². The molecule has 0 aliphatic heterocycles. The van der Waals surface area contributed by atoms with E-state index in [2.05, 4.69) is 0 Å². The third-order valence-electron chi connectivity index (χ3n) is 2.53. The Labute approximate surface area is 102 Å². The molecule has 96 valence electrons. The van der Waals surface area contributed by atoms with Crippen molar-refractivity contribution in [2.75, 3.05) is 27.4 Å². The van der Waals surface area contributed by atoms with Gasteiger partial charge in [0.2, 0.25) is 0 Å². The van der Waals surface area contributed by atoms with Crippen LogP contribution >= 0.6 is 0 Å². The average molecular weight is 240 g/mol. The first kappa shape index (κ1) is 13.8. The van der Waals surface area contributed by atoms with E-state index in [1.165, 1.54) is 0 Å². The predicted octanol–water partition coefficient (Wildman–Crippen LogP) is 1.91. The highest BCUT2D eigenvalue weighted by Crippen LogP contribution is 2.29.